The molecule has 0 unspecified atom stereocenters. The van der Waals surface area contributed by atoms with E-state index in [0.29, 0.717) is 6.07 Å². The molecule has 0 aromatic heterocycles. The van der Waals surface area contributed by atoms with Crippen LogP contribution >= 0.6 is 0 Å². The van der Waals surface area contributed by atoms with Gasteiger partial charge in [-0.05, 0) is 24.6 Å². The molecule has 3 nitrogen and oxygen atoms in total. The molecule has 0 amide bonds. The van der Waals surface area contributed by atoms with Crippen molar-refractivity contribution in [3.05, 3.63) is 23.5 Å². The average molecular weight is 208 g/mol. The standard InChI is InChI=1S/C7H6F2O3S/c1-4-2-5(8)3-6(7(4)10)13(9,11)12/h2-3,10H,1H3. The van der Waals surface area contributed by atoms with Crippen LogP contribution in [0.3, 0.4) is 0 Å². The van der Waals surface area contributed by atoms with Crippen molar-refractivity contribution in [2.75, 3.05) is 0 Å². The summed E-state index contributed by atoms with van der Waals surface area (Å²) >= 11 is 0. The van der Waals surface area contributed by atoms with E-state index in [9.17, 15) is 16.7 Å². The normalized spacial score (nSPS) is 11.6. The lowest BCUT2D eigenvalue weighted by Gasteiger charge is -2.02. The highest BCUT2D eigenvalue weighted by atomic mass is 32.3. The van der Waals surface area contributed by atoms with Crippen LogP contribution in [0.15, 0.2) is 17.0 Å². The van der Waals surface area contributed by atoms with Gasteiger partial charge in [-0.2, -0.15) is 8.42 Å². The van der Waals surface area contributed by atoms with Crippen molar-refractivity contribution in [2.24, 2.45) is 0 Å². The minimum Gasteiger partial charge on any atom is -0.506 e. The smallest absolute Gasteiger partial charge is 0.335 e. The van der Waals surface area contributed by atoms with Crippen molar-refractivity contribution in [3.63, 3.8) is 0 Å². The Labute approximate surface area is 73.8 Å². The molecule has 0 aliphatic rings. The molecule has 6 heteroatoms. The molecular weight excluding hydrogens is 202 g/mol. The van der Waals surface area contributed by atoms with Gasteiger partial charge in [-0.25, -0.2) is 4.39 Å². The van der Waals surface area contributed by atoms with E-state index in [1.165, 1.54) is 6.92 Å². The first-order valence-corrected chi connectivity index (χ1v) is 4.64. The molecule has 1 rings (SSSR count). The van der Waals surface area contributed by atoms with Crippen LogP contribution in [0.25, 0.3) is 0 Å². The lowest BCUT2D eigenvalue weighted by Crippen LogP contribution is -1.95. The third kappa shape index (κ3) is 1.95. The SMILES string of the molecule is Cc1cc(F)cc(S(=O)(=O)F)c1O. The minimum atomic E-state index is -5.07. The quantitative estimate of drug-likeness (QED) is 0.711. The number of aromatic hydroxyl groups is 1. The van der Waals surface area contributed by atoms with Crippen molar-refractivity contribution >= 4 is 10.2 Å². The van der Waals surface area contributed by atoms with E-state index in [2.05, 4.69) is 0 Å². The van der Waals surface area contributed by atoms with Crippen LogP contribution < -0.4 is 0 Å². The second-order valence-electron chi connectivity index (χ2n) is 2.51. The third-order valence-corrected chi connectivity index (χ3v) is 2.33. The number of halogens is 2. The Bertz CT molecular complexity index is 439. The van der Waals surface area contributed by atoms with Crippen molar-refractivity contribution in [1.29, 1.82) is 0 Å². The number of hydrogen-bond donors (Lipinski definition) is 1. The first kappa shape index (κ1) is 9.91. The number of phenols is 1. The number of aryl methyl sites for hydroxylation is 1. The number of benzene rings is 1. The largest absolute Gasteiger partial charge is 0.506 e. The lowest BCUT2D eigenvalue weighted by molar-refractivity contribution is 0.447. The number of rotatable bonds is 1. The second kappa shape index (κ2) is 2.95. The number of phenolic OH excluding ortho intramolecular Hbond substituents is 1. The third-order valence-electron chi connectivity index (χ3n) is 1.49. The summed E-state index contributed by atoms with van der Waals surface area (Å²) in [6.07, 6.45) is 0. The summed E-state index contributed by atoms with van der Waals surface area (Å²) in [7, 11) is -5.07. The Morgan fingerprint density at radius 3 is 2.38 bits per heavy atom. The summed E-state index contributed by atoms with van der Waals surface area (Å²) < 4.78 is 45.7. The van der Waals surface area contributed by atoms with Gasteiger partial charge in [-0.1, -0.05) is 0 Å². The Morgan fingerprint density at radius 1 is 1.38 bits per heavy atom. The highest BCUT2D eigenvalue weighted by Gasteiger charge is 2.19. The maximum absolute atomic E-state index is 12.6. The van der Waals surface area contributed by atoms with Crippen LogP contribution in [0.5, 0.6) is 5.75 Å². The highest BCUT2D eigenvalue weighted by molar-refractivity contribution is 7.86. The van der Waals surface area contributed by atoms with Gasteiger partial charge in [0.15, 0.2) is 0 Å². The molecule has 0 bridgehead atoms. The summed E-state index contributed by atoms with van der Waals surface area (Å²) in [4.78, 5) is -1.04. The first-order chi connectivity index (χ1) is 5.82. The van der Waals surface area contributed by atoms with E-state index in [1.54, 1.807) is 0 Å². The minimum absolute atomic E-state index is 0.0313. The zero-order chi connectivity index (χ0) is 10.2. The molecule has 0 heterocycles. The lowest BCUT2D eigenvalue weighted by atomic mass is 10.2. The van der Waals surface area contributed by atoms with Crippen molar-refractivity contribution in [3.8, 4) is 5.75 Å². The van der Waals surface area contributed by atoms with Gasteiger partial charge in [0.1, 0.15) is 16.5 Å². The summed E-state index contributed by atoms with van der Waals surface area (Å²) in [6, 6.07) is 1.33. The van der Waals surface area contributed by atoms with Crippen molar-refractivity contribution < 1.29 is 21.8 Å². The Hall–Kier alpha value is -1.17. The molecule has 0 fully saturated rings. The molecule has 72 valence electrons. The predicted molar refractivity (Wildman–Crippen MR) is 41.1 cm³/mol. The van der Waals surface area contributed by atoms with Crippen LogP contribution in [0.4, 0.5) is 8.28 Å². The van der Waals surface area contributed by atoms with Crippen LogP contribution in [0, 0.1) is 12.7 Å². The van der Waals surface area contributed by atoms with Gasteiger partial charge in [-0.15, -0.1) is 3.89 Å². The van der Waals surface area contributed by atoms with Gasteiger partial charge in [0.2, 0.25) is 0 Å². The number of hydrogen-bond acceptors (Lipinski definition) is 3. The predicted octanol–water partition coefficient (Wildman–Crippen LogP) is 1.50. The summed E-state index contributed by atoms with van der Waals surface area (Å²) in [5.74, 6) is -1.67. The monoisotopic (exact) mass is 208 g/mol. The molecule has 0 aliphatic carbocycles. The molecule has 0 atom stereocenters. The summed E-state index contributed by atoms with van der Waals surface area (Å²) in [5, 5.41) is 9.07. The molecule has 0 aliphatic heterocycles. The maximum Gasteiger partial charge on any atom is 0.335 e. The van der Waals surface area contributed by atoms with Gasteiger partial charge >= 0.3 is 10.2 Å². The van der Waals surface area contributed by atoms with Crippen molar-refractivity contribution in [1.82, 2.24) is 0 Å². The molecule has 13 heavy (non-hydrogen) atoms. The van der Waals surface area contributed by atoms with E-state index >= 15 is 0 Å². The molecule has 1 N–H and O–H groups in total. The fraction of sp³-hybridized carbons (Fsp3) is 0.143. The topological polar surface area (TPSA) is 54.4 Å². The molecule has 0 saturated carbocycles. The average Bonchev–Trinajstić information content (AvgIpc) is 1.94. The molecule has 0 saturated heterocycles. The Kier molecular flexibility index (Phi) is 2.25. The van der Waals surface area contributed by atoms with Gasteiger partial charge in [0, 0.05) is 0 Å². The van der Waals surface area contributed by atoms with Crippen molar-refractivity contribution in [2.45, 2.75) is 11.8 Å². The van der Waals surface area contributed by atoms with Gasteiger partial charge in [0.05, 0.1) is 0 Å². The molecule has 0 spiro atoms. The van der Waals surface area contributed by atoms with Crippen LogP contribution in [-0.4, -0.2) is 13.5 Å². The molecule has 1 aromatic rings. The van der Waals surface area contributed by atoms with E-state index in [0.717, 1.165) is 6.07 Å². The fourth-order valence-electron chi connectivity index (χ4n) is 0.891. The second-order valence-corrected chi connectivity index (χ2v) is 3.82. The van der Waals surface area contributed by atoms with E-state index in [-0.39, 0.29) is 5.56 Å². The van der Waals surface area contributed by atoms with Gasteiger partial charge < -0.3 is 5.11 Å². The van der Waals surface area contributed by atoms with Gasteiger partial charge in [0.25, 0.3) is 0 Å². The zero-order valence-electron chi connectivity index (χ0n) is 6.58. The first-order valence-electron chi connectivity index (χ1n) is 3.26. The van der Waals surface area contributed by atoms with Crippen LogP contribution in [0.1, 0.15) is 5.56 Å². The highest BCUT2D eigenvalue weighted by Crippen LogP contribution is 2.28. The Balaban J connectivity index is 3.56. The summed E-state index contributed by atoms with van der Waals surface area (Å²) in [6.45, 7) is 1.27. The molecular formula is C7H6F2O3S. The summed E-state index contributed by atoms with van der Waals surface area (Å²) in [5.41, 5.74) is -0.0313. The van der Waals surface area contributed by atoms with E-state index in [4.69, 9.17) is 5.11 Å². The van der Waals surface area contributed by atoms with Gasteiger partial charge in [-0.3, -0.25) is 0 Å². The van der Waals surface area contributed by atoms with E-state index < -0.39 is 26.7 Å². The molecule has 1 aromatic carbocycles. The maximum atomic E-state index is 12.6. The van der Waals surface area contributed by atoms with Crippen LogP contribution in [-0.2, 0) is 10.2 Å². The molecule has 0 radical (unpaired) electrons. The fourth-order valence-corrected chi connectivity index (χ4v) is 1.54. The Morgan fingerprint density at radius 2 is 1.92 bits per heavy atom. The van der Waals surface area contributed by atoms with Crippen LogP contribution in [0.2, 0.25) is 0 Å². The zero-order valence-corrected chi connectivity index (χ0v) is 7.40. The van der Waals surface area contributed by atoms with E-state index in [1.807, 2.05) is 0 Å².